The van der Waals surface area contributed by atoms with Crippen LogP contribution in [0.25, 0.3) is 0 Å². The molecule has 1 aliphatic heterocycles. The molecule has 1 saturated heterocycles. The molecule has 0 spiro atoms. The van der Waals surface area contributed by atoms with Gasteiger partial charge in [0.25, 0.3) is 0 Å². The van der Waals surface area contributed by atoms with Crippen LogP contribution in [0.1, 0.15) is 12.8 Å². The fourth-order valence-corrected chi connectivity index (χ4v) is 0.660. The number of hydrogen-bond acceptors (Lipinski definition) is 2. The summed E-state index contributed by atoms with van der Waals surface area (Å²) in [6, 6.07) is 0. The molecule has 0 aliphatic carbocycles. The Morgan fingerprint density at radius 2 is 2.50 bits per heavy atom. The van der Waals surface area contributed by atoms with Gasteiger partial charge in [-0.15, -0.1) is 0 Å². The van der Waals surface area contributed by atoms with Crippen molar-refractivity contribution in [2.75, 3.05) is 13.2 Å². The van der Waals surface area contributed by atoms with Gasteiger partial charge < -0.3 is 4.74 Å². The third kappa shape index (κ3) is 1.46. The first-order valence-electron chi connectivity index (χ1n) is 3.07. The molecule has 0 bridgehead atoms. The Morgan fingerprint density at radius 3 is 2.88 bits per heavy atom. The lowest BCUT2D eigenvalue weighted by Gasteiger charge is -2.26. The highest BCUT2D eigenvalue weighted by Gasteiger charge is 2.15. The van der Waals surface area contributed by atoms with E-state index in [0.29, 0.717) is 6.23 Å². The van der Waals surface area contributed by atoms with Gasteiger partial charge in [-0.3, -0.25) is 5.32 Å². The minimum atomic E-state index is 0.344. The predicted molar refractivity (Wildman–Crippen MR) is 32.3 cm³/mol. The van der Waals surface area contributed by atoms with E-state index < -0.39 is 0 Å². The van der Waals surface area contributed by atoms with Crippen molar-refractivity contribution in [3.8, 4) is 0 Å². The molecule has 0 amide bonds. The van der Waals surface area contributed by atoms with Crippen molar-refractivity contribution in [2.24, 2.45) is 0 Å². The number of hydrogen-bond donors (Lipinski definition) is 1. The summed E-state index contributed by atoms with van der Waals surface area (Å²) in [5.74, 6) is 0. The molecule has 1 aliphatic rings. The Hall–Kier alpha value is -0.0800. The van der Waals surface area contributed by atoms with Crippen molar-refractivity contribution >= 4 is 0 Å². The van der Waals surface area contributed by atoms with Gasteiger partial charge in [0.2, 0.25) is 0 Å². The fourth-order valence-electron chi connectivity index (χ4n) is 0.660. The van der Waals surface area contributed by atoms with Crippen molar-refractivity contribution in [1.82, 2.24) is 5.32 Å². The van der Waals surface area contributed by atoms with Crippen molar-refractivity contribution in [3.63, 3.8) is 0 Å². The lowest BCUT2D eigenvalue weighted by Crippen LogP contribution is -2.40. The third-order valence-electron chi connectivity index (χ3n) is 1.25. The first kappa shape index (κ1) is 6.05. The number of nitrogens with one attached hydrogen (secondary N) is 1. The molecule has 0 aromatic rings. The summed E-state index contributed by atoms with van der Waals surface area (Å²) in [7, 11) is 0. The smallest absolute Gasteiger partial charge is 0.110 e. The Kier molecular flexibility index (Phi) is 2.30. The number of rotatable bonds is 3. The van der Waals surface area contributed by atoms with Gasteiger partial charge in [-0.05, 0) is 13.0 Å². The van der Waals surface area contributed by atoms with Crippen molar-refractivity contribution in [3.05, 3.63) is 6.92 Å². The van der Waals surface area contributed by atoms with Gasteiger partial charge in [0.15, 0.2) is 0 Å². The average molecular weight is 114 g/mol. The summed E-state index contributed by atoms with van der Waals surface area (Å²) in [6.45, 7) is 5.60. The van der Waals surface area contributed by atoms with Crippen molar-refractivity contribution in [2.45, 2.75) is 19.1 Å². The molecule has 0 aromatic carbocycles. The second kappa shape index (κ2) is 3.05. The van der Waals surface area contributed by atoms with Gasteiger partial charge in [-0.25, -0.2) is 0 Å². The van der Waals surface area contributed by atoms with Crippen molar-refractivity contribution < 1.29 is 4.74 Å². The molecule has 1 rings (SSSR count). The molecule has 1 atom stereocenters. The Bertz CT molecular complexity index is 61.5. The van der Waals surface area contributed by atoms with Crippen LogP contribution in [0, 0.1) is 6.92 Å². The standard InChI is InChI=1S/C6H12NO/c1-2-4-7-6-3-5-8-6/h6-7H,1-5H2. The molecule has 8 heavy (non-hydrogen) atoms. The first-order valence-corrected chi connectivity index (χ1v) is 3.07. The molecule has 1 N–H and O–H groups in total. The van der Waals surface area contributed by atoms with E-state index in [9.17, 15) is 0 Å². The quantitative estimate of drug-likeness (QED) is 0.578. The molecule has 2 heteroatoms. The maximum Gasteiger partial charge on any atom is 0.110 e. The van der Waals surface area contributed by atoms with Gasteiger partial charge >= 0.3 is 0 Å². The van der Waals surface area contributed by atoms with Crippen LogP contribution >= 0.6 is 0 Å². The summed E-state index contributed by atoms with van der Waals surface area (Å²) in [5.41, 5.74) is 0. The summed E-state index contributed by atoms with van der Waals surface area (Å²) in [4.78, 5) is 0. The molecular weight excluding hydrogens is 102 g/mol. The minimum absolute atomic E-state index is 0.344. The second-order valence-electron chi connectivity index (χ2n) is 1.96. The monoisotopic (exact) mass is 114 g/mol. The fraction of sp³-hybridized carbons (Fsp3) is 0.833. The minimum Gasteiger partial charge on any atom is -0.363 e. The average Bonchev–Trinajstić information content (AvgIpc) is 1.63. The van der Waals surface area contributed by atoms with Crippen LogP contribution < -0.4 is 5.32 Å². The van der Waals surface area contributed by atoms with Gasteiger partial charge in [0.1, 0.15) is 6.23 Å². The molecule has 1 unspecified atom stereocenters. The number of ether oxygens (including phenoxy) is 1. The third-order valence-corrected chi connectivity index (χ3v) is 1.25. The first-order chi connectivity index (χ1) is 3.93. The van der Waals surface area contributed by atoms with E-state index in [4.69, 9.17) is 4.74 Å². The molecule has 0 saturated carbocycles. The van der Waals surface area contributed by atoms with Crippen LogP contribution in [-0.4, -0.2) is 19.4 Å². The normalized spacial score (nSPS) is 27.4. The van der Waals surface area contributed by atoms with E-state index >= 15 is 0 Å². The van der Waals surface area contributed by atoms with E-state index in [2.05, 4.69) is 12.2 Å². The lowest BCUT2D eigenvalue weighted by atomic mass is 10.3. The van der Waals surface area contributed by atoms with Crippen LogP contribution in [0.15, 0.2) is 0 Å². The van der Waals surface area contributed by atoms with E-state index in [1.807, 2.05) is 0 Å². The Balaban J connectivity index is 1.86. The SMILES string of the molecule is [CH2]CCNC1CCO1. The lowest BCUT2D eigenvalue weighted by molar-refractivity contribution is -0.0700. The Morgan fingerprint density at radius 1 is 1.75 bits per heavy atom. The van der Waals surface area contributed by atoms with Crippen LogP contribution in [0.5, 0.6) is 0 Å². The van der Waals surface area contributed by atoms with Gasteiger partial charge in [0, 0.05) is 6.42 Å². The zero-order valence-electron chi connectivity index (χ0n) is 5.02. The van der Waals surface area contributed by atoms with E-state index in [1.54, 1.807) is 0 Å². The van der Waals surface area contributed by atoms with Crippen LogP contribution in [-0.2, 0) is 4.74 Å². The molecule has 1 radical (unpaired) electrons. The second-order valence-corrected chi connectivity index (χ2v) is 1.96. The predicted octanol–water partition coefficient (Wildman–Crippen LogP) is 0.547. The molecule has 1 fully saturated rings. The molecule has 1 heterocycles. The summed E-state index contributed by atoms with van der Waals surface area (Å²) >= 11 is 0. The highest BCUT2D eigenvalue weighted by molar-refractivity contribution is 4.63. The summed E-state index contributed by atoms with van der Waals surface area (Å²) in [6.07, 6.45) is 2.46. The van der Waals surface area contributed by atoms with Crippen LogP contribution in [0.2, 0.25) is 0 Å². The van der Waals surface area contributed by atoms with Crippen molar-refractivity contribution in [1.29, 1.82) is 0 Å². The Labute approximate surface area is 50.2 Å². The van der Waals surface area contributed by atoms with Gasteiger partial charge in [-0.2, -0.15) is 0 Å². The summed E-state index contributed by atoms with van der Waals surface area (Å²) in [5, 5.41) is 3.18. The molecule has 47 valence electrons. The highest BCUT2D eigenvalue weighted by Crippen LogP contribution is 2.05. The topological polar surface area (TPSA) is 21.3 Å². The van der Waals surface area contributed by atoms with Crippen LogP contribution in [0.3, 0.4) is 0 Å². The highest BCUT2D eigenvalue weighted by atomic mass is 16.5. The maximum absolute atomic E-state index is 5.09. The molecule has 0 aromatic heterocycles. The summed E-state index contributed by atoms with van der Waals surface area (Å²) < 4.78 is 5.09. The van der Waals surface area contributed by atoms with Crippen LogP contribution in [0.4, 0.5) is 0 Å². The zero-order chi connectivity index (χ0) is 5.82. The van der Waals surface area contributed by atoms with E-state index in [1.165, 1.54) is 6.42 Å². The van der Waals surface area contributed by atoms with Gasteiger partial charge in [0.05, 0.1) is 6.61 Å². The molecule has 2 nitrogen and oxygen atoms in total. The van der Waals surface area contributed by atoms with E-state index in [-0.39, 0.29) is 0 Å². The van der Waals surface area contributed by atoms with Gasteiger partial charge in [-0.1, -0.05) is 6.92 Å². The zero-order valence-corrected chi connectivity index (χ0v) is 5.02. The van der Waals surface area contributed by atoms with E-state index in [0.717, 1.165) is 19.6 Å². The maximum atomic E-state index is 5.09. The molecular formula is C6H12NO. The largest absolute Gasteiger partial charge is 0.363 e.